The van der Waals surface area contributed by atoms with E-state index in [0.29, 0.717) is 12.0 Å². The zero-order chi connectivity index (χ0) is 7.40. The van der Waals surface area contributed by atoms with Crippen molar-refractivity contribution < 1.29 is 9.47 Å². The predicted molar refractivity (Wildman–Crippen MR) is 40.0 cm³/mol. The molecule has 10 heavy (non-hydrogen) atoms. The molecule has 0 aliphatic carbocycles. The molecule has 1 aliphatic heterocycles. The predicted octanol–water partition coefficient (Wildman–Crippen LogP) is 1.45. The van der Waals surface area contributed by atoms with E-state index < -0.39 is 0 Å². The fraction of sp³-hybridized carbons (Fsp3) is 1.00. The van der Waals surface area contributed by atoms with Gasteiger partial charge in [-0.1, -0.05) is 13.8 Å². The summed E-state index contributed by atoms with van der Waals surface area (Å²) in [6.45, 7) is 6.84. The van der Waals surface area contributed by atoms with Gasteiger partial charge in [0.2, 0.25) is 0 Å². The van der Waals surface area contributed by atoms with Crippen LogP contribution in [-0.2, 0) is 9.47 Å². The lowest BCUT2D eigenvalue weighted by molar-refractivity contribution is 0.0294. The minimum Gasteiger partial charge on any atom is -0.378 e. The van der Waals surface area contributed by atoms with Crippen molar-refractivity contribution in [3.05, 3.63) is 0 Å². The summed E-state index contributed by atoms with van der Waals surface area (Å²) in [5.74, 6) is 0.589. The second-order valence-corrected chi connectivity index (χ2v) is 2.92. The van der Waals surface area contributed by atoms with Gasteiger partial charge in [0.1, 0.15) is 0 Å². The van der Waals surface area contributed by atoms with E-state index in [-0.39, 0.29) is 0 Å². The first kappa shape index (κ1) is 8.02. The number of hydrogen-bond acceptors (Lipinski definition) is 2. The first-order valence-electron chi connectivity index (χ1n) is 4.04. The molecule has 60 valence electrons. The van der Waals surface area contributed by atoms with Crippen LogP contribution >= 0.6 is 0 Å². The standard InChI is InChI=1S/C8H16O2/c1-3-4-10-8-6-9-5-7(8)2/h7-8H,3-6H2,1-2H3. The largest absolute Gasteiger partial charge is 0.378 e. The van der Waals surface area contributed by atoms with Gasteiger partial charge in [-0.15, -0.1) is 0 Å². The second-order valence-electron chi connectivity index (χ2n) is 2.92. The molecule has 1 rings (SSSR count). The van der Waals surface area contributed by atoms with E-state index in [1.807, 2.05) is 0 Å². The Hall–Kier alpha value is -0.0800. The highest BCUT2D eigenvalue weighted by atomic mass is 16.5. The molecule has 0 radical (unpaired) electrons. The molecule has 0 amide bonds. The van der Waals surface area contributed by atoms with Gasteiger partial charge in [-0.05, 0) is 6.42 Å². The molecule has 0 bridgehead atoms. The van der Waals surface area contributed by atoms with Crippen LogP contribution in [0, 0.1) is 5.92 Å². The lowest BCUT2D eigenvalue weighted by atomic mass is 10.1. The van der Waals surface area contributed by atoms with Crippen LogP contribution < -0.4 is 0 Å². The Morgan fingerprint density at radius 3 is 2.80 bits per heavy atom. The molecule has 1 saturated heterocycles. The summed E-state index contributed by atoms with van der Waals surface area (Å²) in [5.41, 5.74) is 0. The minimum absolute atomic E-state index is 0.361. The summed E-state index contributed by atoms with van der Waals surface area (Å²) in [6, 6.07) is 0. The van der Waals surface area contributed by atoms with Crippen molar-refractivity contribution in [2.75, 3.05) is 19.8 Å². The zero-order valence-corrected chi connectivity index (χ0v) is 6.80. The van der Waals surface area contributed by atoms with E-state index in [9.17, 15) is 0 Å². The summed E-state index contributed by atoms with van der Waals surface area (Å²) >= 11 is 0. The second kappa shape index (κ2) is 3.94. The quantitative estimate of drug-likeness (QED) is 0.597. The highest BCUT2D eigenvalue weighted by Crippen LogP contribution is 2.15. The van der Waals surface area contributed by atoms with Crippen LogP contribution in [0.15, 0.2) is 0 Å². The van der Waals surface area contributed by atoms with Gasteiger partial charge in [-0.3, -0.25) is 0 Å². The van der Waals surface area contributed by atoms with Gasteiger partial charge >= 0.3 is 0 Å². The molecule has 0 aromatic heterocycles. The summed E-state index contributed by atoms with van der Waals surface area (Å²) in [4.78, 5) is 0. The van der Waals surface area contributed by atoms with Crippen molar-refractivity contribution in [2.45, 2.75) is 26.4 Å². The molecule has 0 saturated carbocycles. The molecule has 1 aliphatic rings. The Morgan fingerprint density at radius 2 is 2.30 bits per heavy atom. The van der Waals surface area contributed by atoms with Crippen molar-refractivity contribution >= 4 is 0 Å². The molecule has 2 nitrogen and oxygen atoms in total. The summed E-state index contributed by atoms with van der Waals surface area (Å²) in [5, 5.41) is 0. The monoisotopic (exact) mass is 144 g/mol. The smallest absolute Gasteiger partial charge is 0.0855 e. The Kier molecular flexibility index (Phi) is 3.16. The molecular formula is C8H16O2. The fourth-order valence-electron chi connectivity index (χ4n) is 1.12. The first-order chi connectivity index (χ1) is 4.84. The lowest BCUT2D eigenvalue weighted by Crippen LogP contribution is -2.20. The molecule has 0 aromatic rings. The van der Waals surface area contributed by atoms with Crippen molar-refractivity contribution in [3.8, 4) is 0 Å². The normalized spacial score (nSPS) is 33.0. The van der Waals surface area contributed by atoms with Crippen LogP contribution in [0.1, 0.15) is 20.3 Å². The summed E-state index contributed by atoms with van der Waals surface area (Å²) < 4.78 is 10.8. The topological polar surface area (TPSA) is 18.5 Å². The van der Waals surface area contributed by atoms with Gasteiger partial charge in [0.15, 0.2) is 0 Å². The molecule has 0 N–H and O–H groups in total. The van der Waals surface area contributed by atoms with Crippen molar-refractivity contribution in [2.24, 2.45) is 5.92 Å². The van der Waals surface area contributed by atoms with Crippen LogP contribution in [0.5, 0.6) is 0 Å². The molecule has 1 fully saturated rings. The van der Waals surface area contributed by atoms with E-state index in [0.717, 1.165) is 26.2 Å². The third-order valence-electron chi connectivity index (χ3n) is 1.83. The van der Waals surface area contributed by atoms with Crippen LogP contribution in [0.4, 0.5) is 0 Å². The lowest BCUT2D eigenvalue weighted by Gasteiger charge is -2.12. The van der Waals surface area contributed by atoms with Crippen molar-refractivity contribution in [3.63, 3.8) is 0 Å². The van der Waals surface area contributed by atoms with Crippen molar-refractivity contribution in [1.29, 1.82) is 0 Å². The van der Waals surface area contributed by atoms with Gasteiger partial charge in [0.25, 0.3) is 0 Å². The molecule has 0 aromatic carbocycles. The van der Waals surface area contributed by atoms with Crippen LogP contribution in [-0.4, -0.2) is 25.9 Å². The van der Waals surface area contributed by atoms with E-state index in [4.69, 9.17) is 9.47 Å². The highest BCUT2D eigenvalue weighted by molar-refractivity contribution is 4.71. The molecule has 2 atom stereocenters. The SMILES string of the molecule is CCCOC1COCC1C. The molecule has 1 heterocycles. The number of hydrogen-bond donors (Lipinski definition) is 0. The first-order valence-corrected chi connectivity index (χ1v) is 4.04. The number of rotatable bonds is 3. The highest BCUT2D eigenvalue weighted by Gasteiger charge is 2.24. The third-order valence-corrected chi connectivity index (χ3v) is 1.83. The maximum atomic E-state index is 5.54. The molecule has 2 heteroatoms. The Morgan fingerprint density at radius 1 is 1.50 bits per heavy atom. The molecule has 0 spiro atoms. The van der Waals surface area contributed by atoms with Gasteiger partial charge < -0.3 is 9.47 Å². The van der Waals surface area contributed by atoms with E-state index in [1.54, 1.807) is 0 Å². The average molecular weight is 144 g/mol. The van der Waals surface area contributed by atoms with Crippen molar-refractivity contribution in [1.82, 2.24) is 0 Å². The third kappa shape index (κ3) is 1.96. The van der Waals surface area contributed by atoms with Crippen LogP contribution in [0.25, 0.3) is 0 Å². The van der Waals surface area contributed by atoms with E-state index in [2.05, 4.69) is 13.8 Å². The average Bonchev–Trinajstić information content (AvgIpc) is 2.31. The van der Waals surface area contributed by atoms with E-state index >= 15 is 0 Å². The Bertz CT molecular complexity index is 93.3. The van der Waals surface area contributed by atoms with Gasteiger partial charge in [0, 0.05) is 12.5 Å². The minimum atomic E-state index is 0.361. The van der Waals surface area contributed by atoms with Gasteiger partial charge in [-0.25, -0.2) is 0 Å². The van der Waals surface area contributed by atoms with Crippen LogP contribution in [0.3, 0.4) is 0 Å². The Labute approximate surface area is 62.5 Å². The summed E-state index contributed by atoms with van der Waals surface area (Å²) in [7, 11) is 0. The zero-order valence-electron chi connectivity index (χ0n) is 6.80. The van der Waals surface area contributed by atoms with Crippen LogP contribution in [0.2, 0.25) is 0 Å². The summed E-state index contributed by atoms with van der Waals surface area (Å²) in [6.07, 6.45) is 1.46. The van der Waals surface area contributed by atoms with E-state index in [1.165, 1.54) is 0 Å². The maximum Gasteiger partial charge on any atom is 0.0855 e. The van der Waals surface area contributed by atoms with Gasteiger partial charge in [-0.2, -0.15) is 0 Å². The number of ether oxygens (including phenoxy) is 2. The molecular weight excluding hydrogens is 128 g/mol. The maximum absolute atomic E-state index is 5.54. The fourth-order valence-corrected chi connectivity index (χ4v) is 1.12. The van der Waals surface area contributed by atoms with Gasteiger partial charge in [0.05, 0.1) is 19.3 Å². The molecule has 2 unspecified atom stereocenters. The Balaban J connectivity index is 2.14.